The van der Waals surface area contributed by atoms with Crippen LogP contribution in [-0.2, 0) is 0 Å². The van der Waals surface area contributed by atoms with Gasteiger partial charge in [0.25, 0.3) is 0 Å². The molecule has 0 N–H and O–H groups in total. The molecule has 0 nitrogen and oxygen atoms in total. The summed E-state index contributed by atoms with van der Waals surface area (Å²) in [7, 11) is 0. The zero-order chi connectivity index (χ0) is 8.97. The number of hydrogen-bond donors (Lipinski definition) is 0. The third-order valence-corrected chi connectivity index (χ3v) is 3.29. The lowest BCUT2D eigenvalue weighted by Gasteiger charge is -1.98. The van der Waals surface area contributed by atoms with Crippen LogP contribution in [0.15, 0.2) is 34.8 Å². The van der Waals surface area contributed by atoms with E-state index < -0.39 is 0 Å². The minimum absolute atomic E-state index is 0.904. The Labute approximate surface area is 103 Å². The molecular weight excluding hydrogens is 395 g/mol. The van der Waals surface area contributed by atoms with Crippen LogP contribution in [0.1, 0.15) is 5.56 Å². The first-order valence-electron chi connectivity index (χ1n) is 3.41. The minimum Gasteiger partial charge on any atom is -0.0882 e. The van der Waals surface area contributed by atoms with E-state index in [-0.39, 0.29) is 0 Å². The fraction of sp³-hybridized carbons (Fsp3) is 0.111. The summed E-state index contributed by atoms with van der Waals surface area (Å²) in [5, 5.41) is 0.904. The second-order valence-electron chi connectivity index (χ2n) is 2.21. The SMILES string of the molecule is BrC/C=C(\I)c1ccc(Br)cc1. The highest BCUT2D eigenvalue weighted by Crippen LogP contribution is 2.23. The van der Waals surface area contributed by atoms with Crippen LogP contribution in [0.4, 0.5) is 0 Å². The van der Waals surface area contributed by atoms with Crippen molar-refractivity contribution >= 4 is 58.0 Å². The number of rotatable bonds is 2. The van der Waals surface area contributed by atoms with Gasteiger partial charge in [0.05, 0.1) is 0 Å². The third kappa shape index (κ3) is 3.18. The van der Waals surface area contributed by atoms with Crippen LogP contribution in [0.3, 0.4) is 0 Å². The van der Waals surface area contributed by atoms with Gasteiger partial charge in [-0.1, -0.05) is 50.1 Å². The lowest BCUT2D eigenvalue weighted by Crippen LogP contribution is -1.75. The molecule has 0 aliphatic rings. The molecule has 0 aliphatic carbocycles. The number of benzene rings is 1. The molecule has 64 valence electrons. The van der Waals surface area contributed by atoms with Gasteiger partial charge in [-0.3, -0.25) is 0 Å². The monoisotopic (exact) mass is 400 g/mol. The summed E-state index contributed by atoms with van der Waals surface area (Å²) < 4.78 is 2.39. The highest BCUT2D eigenvalue weighted by atomic mass is 127. The fourth-order valence-electron chi connectivity index (χ4n) is 0.795. The molecule has 0 saturated carbocycles. The highest BCUT2D eigenvalue weighted by molar-refractivity contribution is 14.1. The third-order valence-electron chi connectivity index (χ3n) is 1.38. The van der Waals surface area contributed by atoms with Gasteiger partial charge < -0.3 is 0 Å². The molecule has 0 radical (unpaired) electrons. The number of allylic oxidation sites excluding steroid dienone is 1. The normalized spacial score (nSPS) is 11.8. The first-order chi connectivity index (χ1) is 5.74. The standard InChI is InChI=1S/C9H7Br2I/c10-6-5-9(12)7-1-3-8(11)4-2-7/h1-5H,6H2/b9-5-. The van der Waals surface area contributed by atoms with Crippen LogP contribution in [0.25, 0.3) is 3.58 Å². The van der Waals surface area contributed by atoms with Gasteiger partial charge in [0, 0.05) is 13.4 Å². The Morgan fingerprint density at radius 3 is 2.42 bits per heavy atom. The summed E-state index contributed by atoms with van der Waals surface area (Å²) in [4.78, 5) is 0. The molecule has 0 spiro atoms. The molecule has 0 fully saturated rings. The van der Waals surface area contributed by atoms with Crippen LogP contribution in [0.5, 0.6) is 0 Å². The minimum atomic E-state index is 0.904. The van der Waals surface area contributed by atoms with Crippen molar-refractivity contribution in [3.63, 3.8) is 0 Å². The molecule has 0 atom stereocenters. The maximum Gasteiger partial charge on any atom is 0.0225 e. The van der Waals surface area contributed by atoms with Crippen molar-refractivity contribution in [1.29, 1.82) is 0 Å². The highest BCUT2D eigenvalue weighted by Gasteiger charge is 1.95. The topological polar surface area (TPSA) is 0 Å². The van der Waals surface area contributed by atoms with Crippen LogP contribution in [-0.4, -0.2) is 5.33 Å². The summed E-state index contributed by atoms with van der Waals surface area (Å²) in [6, 6.07) is 8.31. The Morgan fingerprint density at radius 2 is 1.92 bits per heavy atom. The Bertz CT molecular complexity index is 277. The summed E-state index contributed by atoms with van der Waals surface area (Å²) in [6.45, 7) is 0. The van der Waals surface area contributed by atoms with Gasteiger partial charge in [0.15, 0.2) is 0 Å². The van der Waals surface area contributed by atoms with E-state index in [9.17, 15) is 0 Å². The Kier molecular flexibility index (Phi) is 4.82. The van der Waals surface area contributed by atoms with E-state index >= 15 is 0 Å². The lowest BCUT2D eigenvalue weighted by atomic mass is 10.2. The predicted octanol–water partition coefficient (Wildman–Crippen LogP) is 4.62. The Balaban J connectivity index is 2.89. The van der Waals surface area contributed by atoms with Crippen molar-refractivity contribution in [2.45, 2.75) is 0 Å². The molecule has 0 aliphatic heterocycles. The van der Waals surface area contributed by atoms with Crippen LogP contribution in [0, 0.1) is 0 Å². The van der Waals surface area contributed by atoms with Crippen molar-refractivity contribution in [3.05, 3.63) is 40.4 Å². The predicted molar refractivity (Wildman–Crippen MR) is 69.9 cm³/mol. The second kappa shape index (κ2) is 5.40. The molecule has 0 unspecified atom stereocenters. The number of halogens is 3. The van der Waals surface area contributed by atoms with Gasteiger partial charge in [0.1, 0.15) is 0 Å². The van der Waals surface area contributed by atoms with E-state index in [4.69, 9.17) is 0 Å². The second-order valence-corrected chi connectivity index (χ2v) is 4.94. The summed E-state index contributed by atoms with van der Waals surface area (Å²) in [5.41, 5.74) is 1.26. The average Bonchev–Trinajstić information content (AvgIpc) is 2.06. The lowest BCUT2D eigenvalue weighted by molar-refractivity contribution is 1.60. The Hall–Kier alpha value is 0.650. The van der Waals surface area contributed by atoms with E-state index in [0.717, 1.165) is 9.80 Å². The van der Waals surface area contributed by atoms with Crippen LogP contribution < -0.4 is 0 Å². The van der Waals surface area contributed by atoms with Gasteiger partial charge in [-0.2, -0.15) is 0 Å². The molecule has 1 rings (SSSR count). The first kappa shape index (κ1) is 10.7. The van der Waals surface area contributed by atoms with E-state index in [0.29, 0.717) is 0 Å². The Morgan fingerprint density at radius 1 is 1.33 bits per heavy atom. The molecule has 3 heteroatoms. The molecule has 12 heavy (non-hydrogen) atoms. The molecule has 0 aromatic heterocycles. The molecule has 0 amide bonds. The molecule has 0 saturated heterocycles. The summed E-state index contributed by atoms with van der Waals surface area (Å²) in [6.07, 6.45) is 2.14. The van der Waals surface area contributed by atoms with Crippen molar-refractivity contribution in [2.75, 3.05) is 5.33 Å². The number of hydrogen-bond acceptors (Lipinski definition) is 0. The van der Waals surface area contributed by atoms with Gasteiger partial charge in [-0.15, -0.1) is 0 Å². The summed E-state index contributed by atoms with van der Waals surface area (Å²) in [5.74, 6) is 0. The van der Waals surface area contributed by atoms with Gasteiger partial charge in [-0.25, -0.2) is 0 Å². The molecule has 1 aromatic rings. The van der Waals surface area contributed by atoms with Gasteiger partial charge in [-0.05, 0) is 40.3 Å². The van der Waals surface area contributed by atoms with Crippen molar-refractivity contribution in [3.8, 4) is 0 Å². The molecule has 0 heterocycles. The van der Waals surface area contributed by atoms with Gasteiger partial charge >= 0.3 is 0 Å². The fourth-order valence-corrected chi connectivity index (χ4v) is 2.57. The largest absolute Gasteiger partial charge is 0.0882 e. The zero-order valence-electron chi connectivity index (χ0n) is 6.23. The smallest absolute Gasteiger partial charge is 0.0225 e. The zero-order valence-corrected chi connectivity index (χ0v) is 11.6. The number of alkyl halides is 1. The first-order valence-corrected chi connectivity index (χ1v) is 6.41. The molecule has 1 aromatic carbocycles. The van der Waals surface area contributed by atoms with E-state index in [1.165, 1.54) is 9.14 Å². The van der Waals surface area contributed by atoms with E-state index in [1.54, 1.807) is 0 Å². The van der Waals surface area contributed by atoms with Crippen LogP contribution in [0.2, 0.25) is 0 Å². The molecular formula is C9H7Br2I. The average molecular weight is 402 g/mol. The van der Waals surface area contributed by atoms with E-state index in [2.05, 4.69) is 84.8 Å². The molecule has 0 bridgehead atoms. The van der Waals surface area contributed by atoms with Crippen molar-refractivity contribution < 1.29 is 0 Å². The quantitative estimate of drug-likeness (QED) is 0.501. The van der Waals surface area contributed by atoms with Gasteiger partial charge in [0.2, 0.25) is 0 Å². The van der Waals surface area contributed by atoms with Crippen LogP contribution >= 0.6 is 54.5 Å². The maximum absolute atomic E-state index is 3.40. The van der Waals surface area contributed by atoms with Crippen molar-refractivity contribution in [1.82, 2.24) is 0 Å². The maximum atomic E-state index is 3.40. The van der Waals surface area contributed by atoms with Crippen molar-refractivity contribution in [2.24, 2.45) is 0 Å². The van der Waals surface area contributed by atoms with E-state index in [1.807, 2.05) is 0 Å². The summed E-state index contributed by atoms with van der Waals surface area (Å²) >= 11 is 9.11.